The van der Waals surface area contributed by atoms with Gasteiger partial charge in [-0.15, -0.1) is 11.3 Å². The van der Waals surface area contributed by atoms with Gasteiger partial charge in [0.05, 0.1) is 15.5 Å². The Balaban J connectivity index is 2.09. The molecule has 0 unspecified atom stereocenters. The lowest BCUT2D eigenvalue weighted by Gasteiger charge is -2.05. The molecule has 0 spiro atoms. The first-order valence-electron chi connectivity index (χ1n) is 6.21. The van der Waals surface area contributed by atoms with Crippen molar-refractivity contribution in [1.82, 2.24) is 4.98 Å². The van der Waals surface area contributed by atoms with Gasteiger partial charge in [-0.05, 0) is 23.1 Å². The predicted molar refractivity (Wildman–Crippen MR) is 84.1 cm³/mol. The normalized spacial score (nSPS) is 10.5. The third-order valence-electron chi connectivity index (χ3n) is 3.08. The number of nitrogens with two attached hydrogens (primary N) is 1. The summed E-state index contributed by atoms with van der Waals surface area (Å²) in [6.45, 7) is 0. The number of hydrogen-bond acceptors (Lipinski definition) is 5. The van der Waals surface area contributed by atoms with Crippen LogP contribution < -0.4 is 5.73 Å². The van der Waals surface area contributed by atoms with Crippen LogP contribution in [0.25, 0.3) is 21.7 Å². The number of rotatable bonds is 3. The van der Waals surface area contributed by atoms with Crippen molar-refractivity contribution in [3.05, 3.63) is 64.0 Å². The minimum absolute atomic E-state index is 0.0649. The average molecular weight is 297 g/mol. The van der Waals surface area contributed by atoms with Crippen molar-refractivity contribution in [3.63, 3.8) is 0 Å². The van der Waals surface area contributed by atoms with E-state index in [4.69, 9.17) is 5.73 Å². The average Bonchev–Trinajstić information content (AvgIpc) is 2.97. The molecule has 5 nitrogen and oxygen atoms in total. The number of nitro groups is 1. The van der Waals surface area contributed by atoms with E-state index < -0.39 is 4.92 Å². The van der Waals surface area contributed by atoms with Gasteiger partial charge in [0.1, 0.15) is 0 Å². The third kappa shape index (κ3) is 2.48. The van der Waals surface area contributed by atoms with Gasteiger partial charge in [-0.2, -0.15) is 0 Å². The Hall–Kier alpha value is -2.73. The van der Waals surface area contributed by atoms with Crippen LogP contribution in [-0.2, 0) is 0 Å². The maximum Gasteiger partial charge on any atom is 0.311 e. The lowest BCUT2D eigenvalue weighted by atomic mass is 10.1. The fourth-order valence-electron chi connectivity index (χ4n) is 2.10. The van der Waals surface area contributed by atoms with Crippen molar-refractivity contribution in [2.24, 2.45) is 0 Å². The molecule has 1 aromatic carbocycles. The summed E-state index contributed by atoms with van der Waals surface area (Å²) in [4.78, 5) is 15.4. The monoisotopic (exact) mass is 297 g/mol. The van der Waals surface area contributed by atoms with E-state index in [1.165, 1.54) is 17.4 Å². The molecule has 3 aromatic rings. The Labute approximate surface area is 124 Å². The van der Waals surface area contributed by atoms with E-state index in [0.717, 1.165) is 16.0 Å². The summed E-state index contributed by atoms with van der Waals surface area (Å²) in [5.74, 6) is -0.0649. The molecule has 0 aliphatic rings. The summed E-state index contributed by atoms with van der Waals surface area (Å²) in [7, 11) is 0. The maximum absolute atomic E-state index is 10.8. The van der Waals surface area contributed by atoms with Crippen LogP contribution in [0.2, 0.25) is 0 Å². The first kappa shape index (κ1) is 13.3. The van der Waals surface area contributed by atoms with Crippen molar-refractivity contribution >= 4 is 22.8 Å². The zero-order chi connectivity index (χ0) is 14.8. The van der Waals surface area contributed by atoms with Gasteiger partial charge in [0, 0.05) is 11.6 Å². The molecule has 21 heavy (non-hydrogen) atoms. The summed E-state index contributed by atoms with van der Waals surface area (Å²) in [5.41, 5.74) is 8.26. The van der Waals surface area contributed by atoms with Crippen molar-refractivity contribution in [2.45, 2.75) is 0 Å². The molecule has 0 aliphatic heterocycles. The fraction of sp³-hybridized carbons (Fsp3) is 0. The molecule has 0 amide bonds. The number of nitrogens with zero attached hydrogens (tertiary/aromatic N) is 2. The van der Waals surface area contributed by atoms with Gasteiger partial charge in [0.15, 0.2) is 0 Å². The van der Waals surface area contributed by atoms with E-state index in [2.05, 4.69) is 4.98 Å². The van der Waals surface area contributed by atoms with E-state index >= 15 is 0 Å². The van der Waals surface area contributed by atoms with Crippen LogP contribution in [0, 0.1) is 10.1 Å². The van der Waals surface area contributed by atoms with Crippen molar-refractivity contribution < 1.29 is 4.92 Å². The van der Waals surface area contributed by atoms with Gasteiger partial charge >= 0.3 is 5.69 Å². The molecule has 2 aromatic heterocycles. The Morgan fingerprint density at radius 3 is 2.52 bits per heavy atom. The second-order valence-electron chi connectivity index (χ2n) is 4.39. The van der Waals surface area contributed by atoms with Crippen molar-refractivity contribution in [1.29, 1.82) is 0 Å². The zero-order valence-electron chi connectivity index (χ0n) is 10.9. The van der Waals surface area contributed by atoms with Gasteiger partial charge in [-0.3, -0.25) is 10.1 Å². The van der Waals surface area contributed by atoms with Crippen LogP contribution in [0.3, 0.4) is 0 Å². The van der Waals surface area contributed by atoms with E-state index in [1.54, 1.807) is 6.07 Å². The molecule has 0 radical (unpaired) electrons. The van der Waals surface area contributed by atoms with Gasteiger partial charge in [-0.1, -0.05) is 30.3 Å². The van der Waals surface area contributed by atoms with E-state index in [0.29, 0.717) is 5.69 Å². The topological polar surface area (TPSA) is 82.0 Å². The molecule has 0 fully saturated rings. The highest BCUT2D eigenvalue weighted by atomic mass is 32.1. The van der Waals surface area contributed by atoms with E-state index in [9.17, 15) is 10.1 Å². The number of pyridine rings is 1. The number of aromatic nitrogens is 1. The summed E-state index contributed by atoms with van der Waals surface area (Å²) in [5, 5.41) is 12.8. The first-order chi connectivity index (χ1) is 10.2. The van der Waals surface area contributed by atoms with Gasteiger partial charge < -0.3 is 5.73 Å². The van der Waals surface area contributed by atoms with Gasteiger partial charge in [-0.25, -0.2) is 4.98 Å². The Bertz CT molecular complexity index is 800. The highest BCUT2D eigenvalue weighted by molar-refractivity contribution is 7.14. The van der Waals surface area contributed by atoms with Gasteiger partial charge in [0.2, 0.25) is 5.82 Å². The van der Waals surface area contributed by atoms with Crippen LogP contribution in [0.4, 0.5) is 11.5 Å². The quantitative estimate of drug-likeness (QED) is 0.586. The fourth-order valence-corrected chi connectivity index (χ4v) is 2.99. The first-order valence-corrected chi connectivity index (χ1v) is 7.09. The molecule has 104 valence electrons. The molecule has 0 saturated heterocycles. The summed E-state index contributed by atoms with van der Waals surface area (Å²) in [6.07, 6.45) is 0. The minimum atomic E-state index is -0.529. The van der Waals surface area contributed by atoms with Gasteiger partial charge in [0.25, 0.3) is 0 Å². The second-order valence-corrected chi connectivity index (χ2v) is 5.30. The summed E-state index contributed by atoms with van der Waals surface area (Å²) in [6, 6.07) is 15.0. The minimum Gasteiger partial charge on any atom is -0.378 e. The van der Waals surface area contributed by atoms with Crippen LogP contribution in [0.5, 0.6) is 0 Å². The number of nitrogen functional groups attached to an aromatic ring is 1. The third-order valence-corrected chi connectivity index (χ3v) is 4.02. The maximum atomic E-state index is 10.8. The number of thiophene rings is 1. The molecule has 0 atom stereocenters. The molecule has 2 heterocycles. The van der Waals surface area contributed by atoms with E-state index in [1.807, 2.05) is 41.8 Å². The molecule has 6 heteroatoms. The molecule has 2 N–H and O–H groups in total. The molecule has 0 aliphatic carbocycles. The van der Waals surface area contributed by atoms with Crippen molar-refractivity contribution in [3.8, 4) is 21.7 Å². The number of hydrogen-bond donors (Lipinski definition) is 1. The Kier molecular flexibility index (Phi) is 3.37. The Morgan fingerprint density at radius 2 is 1.86 bits per heavy atom. The standard InChI is InChI=1S/C15H11N3O2S/c16-15-13(18(19)20)7-6-12(17-15)14-11(8-9-21-14)10-4-2-1-3-5-10/h1-9H,(H2,16,17). The van der Waals surface area contributed by atoms with Crippen molar-refractivity contribution in [2.75, 3.05) is 5.73 Å². The molecule has 0 saturated carbocycles. The number of anilines is 1. The molecular formula is C15H11N3O2S. The Morgan fingerprint density at radius 1 is 1.10 bits per heavy atom. The second kappa shape index (κ2) is 5.34. The molecular weight excluding hydrogens is 286 g/mol. The summed E-state index contributed by atoms with van der Waals surface area (Å²) < 4.78 is 0. The van der Waals surface area contributed by atoms with Crippen LogP contribution >= 0.6 is 11.3 Å². The van der Waals surface area contributed by atoms with Crippen LogP contribution in [0.1, 0.15) is 0 Å². The molecule has 0 bridgehead atoms. The predicted octanol–water partition coefficient (Wildman–Crippen LogP) is 3.97. The smallest absolute Gasteiger partial charge is 0.311 e. The lowest BCUT2D eigenvalue weighted by molar-refractivity contribution is -0.384. The van der Waals surface area contributed by atoms with E-state index in [-0.39, 0.29) is 11.5 Å². The number of benzene rings is 1. The zero-order valence-corrected chi connectivity index (χ0v) is 11.7. The molecule has 3 rings (SSSR count). The SMILES string of the molecule is Nc1nc(-c2sccc2-c2ccccc2)ccc1[N+](=O)[O-]. The highest BCUT2D eigenvalue weighted by Gasteiger charge is 2.16. The highest BCUT2D eigenvalue weighted by Crippen LogP contribution is 2.37. The largest absolute Gasteiger partial charge is 0.378 e. The van der Waals surface area contributed by atoms with Crippen LogP contribution in [0.15, 0.2) is 53.9 Å². The lowest BCUT2D eigenvalue weighted by Crippen LogP contribution is -1.99. The van der Waals surface area contributed by atoms with Crippen LogP contribution in [-0.4, -0.2) is 9.91 Å². The summed E-state index contributed by atoms with van der Waals surface area (Å²) >= 11 is 1.53.